The van der Waals surface area contributed by atoms with Crippen molar-refractivity contribution in [1.29, 1.82) is 0 Å². The fourth-order valence-electron chi connectivity index (χ4n) is 2.62. The van der Waals surface area contributed by atoms with Gasteiger partial charge in [0, 0.05) is 19.2 Å². The van der Waals surface area contributed by atoms with Crippen LogP contribution in [0.4, 0.5) is 8.78 Å². The number of nitrogens with zero attached hydrogens (tertiary/aromatic N) is 3. The molecule has 0 saturated heterocycles. The highest BCUT2D eigenvalue weighted by atomic mass is 19.1. The van der Waals surface area contributed by atoms with Crippen LogP contribution in [0.15, 0.2) is 54.7 Å². The van der Waals surface area contributed by atoms with Crippen molar-refractivity contribution in [2.45, 2.75) is 13.5 Å². The predicted molar refractivity (Wildman–Crippen MR) is 90.5 cm³/mol. The average Bonchev–Trinajstić information content (AvgIpc) is 2.98. The van der Waals surface area contributed by atoms with E-state index in [1.54, 1.807) is 49.0 Å². The van der Waals surface area contributed by atoms with E-state index in [1.165, 1.54) is 29.3 Å². The van der Waals surface area contributed by atoms with Gasteiger partial charge in [0.2, 0.25) is 0 Å². The zero-order chi connectivity index (χ0) is 18.0. The summed E-state index contributed by atoms with van der Waals surface area (Å²) in [4.78, 5) is 14.1. The number of carbonyl (C=O) groups is 1. The van der Waals surface area contributed by atoms with Gasteiger partial charge in [-0.05, 0) is 37.3 Å². The van der Waals surface area contributed by atoms with Gasteiger partial charge in [-0.25, -0.2) is 13.5 Å². The summed E-state index contributed by atoms with van der Waals surface area (Å²) in [5.74, 6) is -0.940. The van der Waals surface area contributed by atoms with Crippen molar-refractivity contribution < 1.29 is 13.6 Å². The van der Waals surface area contributed by atoms with Crippen molar-refractivity contribution >= 4 is 5.91 Å². The highest BCUT2D eigenvalue weighted by Gasteiger charge is 2.19. The number of hydrogen-bond donors (Lipinski definition) is 0. The number of aromatic nitrogens is 2. The van der Waals surface area contributed by atoms with Gasteiger partial charge >= 0.3 is 0 Å². The molecule has 0 fully saturated rings. The maximum absolute atomic E-state index is 13.8. The van der Waals surface area contributed by atoms with Crippen LogP contribution in [0.3, 0.4) is 0 Å². The van der Waals surface area contributed by atoms with Crippen LogP contribution >= 0.6 is 0 Å². The van der Waals surface area contributed by atoms with E-state index < -0.39 is 0 Å². The standard InChI is InChI=1S/C19H17F2N3O/c1-13-17(11-22-24(13)16-9-7-15(20)8-10-16)19(25)23(2)12-14-5-3-4-6-18(14)21/h3-11H,12H2,1-2H3. The third kappa shape index (κ3) is 3.42. The second-order valence-corrected chi connectivity index (χ2v) is 5.78. The number of halogens is 2. The van der Waals surface area contributed by atoms with Gasteiger partial charge in [0.25, 0.3) is 5.91 Å². The summed E-state index contributed by atoms with van der Waals surface area (Å²) in [5.41, 5.74) is 2.16. The summed E-state index contributed by atoms with van der Waals surface area (Å²) in [5, 5.41) is 4.22. The molecule has 4 nitrogen and oxygen atoms in total. The summed E-state index contributed by atoms with van der Waals surface area (Å²) in [6.07, 6.45) is 1.47. The lowest BCUT2D eigenvalue weighted by Gasteiger charge is -2.17. The molecule has 0 atom stereocenters. The summed E-state index contributed by atoms with van der Waals surface area (Å²) < 4.78 is 28.4. The van der Waals surface area contributed by atoms with E-state index in [0.717, 1.165) is 0 Å². The first kappa shape index (κ1) is 16.8. The molecule has 25 heavy (non-hydrogen) atoms. The van der Waals surface area contributed by atoms with Crippen LogP contribution in [0.25, 0.3) is 5.69 Å². The minimum atomic E-state index is -0.346. The molecule has 128 valence electrons. The topological polar surface area (TPSA) is 38.1 Å². The molecule has 6 heteroatoms. The normalized spacial score (nSPS) is 10.7. The van der Waals surface area contributed by atoms with Crippen molar-refractivity contribution in [3.63, 3.8) is 0 Å². The lowest BCUT2D eigenvalue weighted by atomic mass is 10.1. The van der Waals surface area contributed by atoms with Gasteiger partial charge in [-0.15, -0.1) is 0 Å². The zero-order valence-electron chi connectivity index (χ0n) is 13.9. The SMILES string of the molecule is Cc1c(C(=O)N(C)Cc2ccccc2F)cnn1-c1ccc(F)cc1. The van der Waals surface area contributed by atoms with Crippen LogP contribution in [-0.4, -0.2) is 27.6 Å². The van der Waals surface area contributed by atoms with E-state index in [4.69, 9.17) is 0 Å². The maximum Gasteiger partial charge on any atom is 0.257 e. The quantitative estimate of drug-likeness (QED) is 0.725. The Bertz CT molecular complexity index is 903. The smallest absolute Gasteiger partial charge is 0.257 e. The van der Waals surface area contributed by atoms with Crippen molar-refractivity contribution in [3.05, 3.63) is 83.2 Å². The molecule has 0 spiro atoms. The molecular weight excluding hydrogens is 324 g/mol. The molecule has 0 aliphatic heterocycles. The molecule has 3 aromatic rings. The predicted octanol–water partition coefficient (Wildman–Crippen LogP) is 3.73. The summed E-state index contributed by atoms with van der Waals surface area (Å²) in [7, 11) is 1.61. The molecule has 0 aliphatic rings. The van der Waals surface area contributed by atoms with E-state index >= 15 is 0 Å². The molecule has 1 heterocycles. The van der Waals surface area contributed by atoms with Crippen molar-refractivity contribution in [3.8, 4) is 5.69 Å². The number of hydrogen-bond acceptors (Lipinski definition) is 2. The molecule has 0 unspecified atom stereocenters. The monoisotopic (exact) mass is 341 g/mol. The average molecular weight is 341 g/mol. The Balaban J connectivity index is 1.83. The fraction of sp³-hybridized carbons (Fsp3) is 0.158. The van der Waals surface area contributed by atoms with Gasteiger partial charge in [0.15, 0.2) is 0 Å². The van der Waals surface area contributed by atoms with E-state index in [2.05, 4.69) is 5.10 Å². The number of benzene rings is 2. The van der Waals surface area contributed by atoms with Crippen LogP contribution in [-0.2, 0) is 6.54 Å². The Kier molecular flexibility index (Phi) is 4.61. The fourth-order valence-corrected chi connectivity index (χ4v) is 2.62. The Morgan fingerprint density at radius 3 is 2.48 bits per heavy atom. The van der Waals surface area contributed by atoms with Gasteiger partial charge in [-0.3, -0.25) is 4.79 Å². The second-order valence-electron chi connectivity index (χ2n) is 5.78. The molecule has 1 aromatic heterocycles. The molecule has 1 amide bonds. The molecule has 0 bridgehead atoms. The summed E-state index contributed by atoms with van der Waals surface area (Å²) in [6.45, 7) is 1.92. The minimum Gasteiger partial charge on any atom is -0.337 e. The summed E-state index contributed by atoms with van der Waals surface area (Å²) >= 11 is 0. The number of rotatable bonds is 4. The Morgan fingerprint density at radius 1 is 1.12 bits per heavy atom. The molecular formula is C19H17F2N3O. The van der Waals surface area contributed by atoms with Gasteiger partial charge in [-0.1, -0.05) is 18.2 Å². The van der Waals surface area contributed by atoms with Gasteiger partial charge in [0.05, 0.1) is 23.1 Å². The largest absolute Gasteiger partial charge is 0.337 e. The summed E-state index contributed by atoms with van der Waals surface area (Å²) in [6, 6.07) is 12.2. The van der Waals surface area contributed by atoms with Crippen molar-refractivity contribution in [2.24, 2.45) is 0 Å². The molecule has 3 rings (SSSR count). The van der Waals surface area contributed by atoms with Crippen LogP contribution in [0.1, 0.15) is 21.6 Å². The van der Waals surface area contributed by atoms with Gasteiger partial charge in [0.1, 0.15) is 11.6 Å². The van der Waals surface area contributed by atoms with Gasteiger partial charge in [-0.2, -0.15) is 5.10 Å². The van der Waals surface area contributed by atoms with E-state index in [1.807, 2.05) is 0 Å². The highest BCUT2D eigenvalue weighted by molar-refractivity contribution is 5.95. The lowest BCUT2D eigenvalue weighted by molar-refractivity contribution is 0.0783. The Morgan fingerprint density at radius 2 is 1.80 bits per heavy atom. The number of amides is 1. The van der Waals surface area contributed by atoms with Crippen LogP contribution in [0.2, 0.25) is 0 Å². The maximum atomic E-state index is 13.8. The van der Waals surface area contributed by atoms with Crippen molar-refractivity contribution in [2.75, 3.05) is 7.05 Å². The van der Waals surface area contributed by atoms with E-state index in [9.17, 15) is 13.6 Å². The van der Waals surface area contributed by atoms with Gasteiger partial charge < -0.3 is 4.90 Å². The first-order valence-corrected chi connectivity index (χ1v) is 7.77. The van der Waals surface area contributed by atoms with E-state index in [0.29, 0.717) is 22.5 Å². The van der Waals surface area contributed by atoms with Crippen molar-refractivity contribution in [1.82, 2.24) is 14.7 Å². The third-order valence-electron chi connectivity index (χ3n) is 4.02. The molecule has 0 saturated carbocycles. The Hall–Kier alpha value is -3.02. The molecule has 0 aliphatic carbocycles. The molecule has 0 N–H and O–H groups in total. The zero-order valence-corrected chi connectivity index (χ0v) is 13.9. The van der Waals surface area contributed by atoms with Crippen LogP contribution in [0, 0.1) is 18.6 Å². The molecule has 2 aromatic carbocycles. The third-order valence-corrected chi connectivity index (χ3v) is 4.02. The Labute approximate surface area is 144 Å². The highest BCUT2D eigenvalue weighted by Crippen LogP contribution is 2.17. The van der Waals surface area contributed by atoms with Crippen LogP contribution in [0.5, 0.6) is 0 Å². The lowest BCUT2D eigenvalue weighted by Crippen LogP contribution is -2.27. The van der Waals surface area contributed by atoms with E-state index in [-0.39, 0.29) is 24.1 Å². The molecule has 0 radical (unpaired) electrons. The first-order chi connectivity index (χ1) is 12.0. The second kappa shape index (κ2) is 6.84. The minimum absolute atomic E-state index is 0.159. The first-order valence-electron chi connectivity index (χ1n) is 7.77. The van der Waals surface area contributed by atoms with Crippen LogP contribution < -0.4 is 0 Å². The number of carbonyl (C=O) groups excluding carboxylic acids is 1.